The average molecular weight is 289 g/mol. The lowest BCUT2D eigenvalue weighted by Crippen LogP contribution is -2.40. The molecular formula is C14H19N5O2. The minimum Gasteiger partial charge on any atom is -0.348 e. The van der Waals surface area contributed by atoms with Gasteiger partial charge < -0.3 is 15.0 Å². The van der Waals surface area contributed by atoms with Crippen molar-refractivity contribution in [3.8, 4) is 0 Å². The lowest BCUT2D eigenvalue weighted by Gasteiger charge is -2.31. The first-order chi connectivity index (χ1) is 10.1. The maximum atomic E-state index is 12.4. The fourth-order valence-electron chi connectivity index (χ4n) is 2.88. The number of nitrogens with one attached hydrogen (secondary N) is 3. The molecule has 21 heavy (non-hydrogen) atoms. The topological polar surface area (TPSA) is 97.6 Å². The van der Waals surface area contributed by atoms with Gasteiger partial charge in [0.2, 0.25) is 5.91 Å². The van der Waals surface area contributed by atoms with E-state index in [4.69, 9.17) is 0 Å². The number of aromatic nitrogens is 4. The van der Waals surface area contributed by atoms with Crippen molar-refractivity contribution >= 4 is 5.91 Å². The summed E-state index contributed by atoms with van der Waals surface area (Å²) in [6.07, 6.45) is 5.67. The molecule has 3 heterocycles. The molecule has 1 saturated heterocycles. The molecule has 3 N–H and O–H groups in total. The second kappa shape index (κ2) is 5.59. The summed E-state index contributed by atoms with van der Waals surface area (Å²) < 4.78 is 0. The van der Waals surface area contributed by atoms with E-state index in [1.165, 1.54) is 0 Å². The van der Waals surface area contributed by atoms with E-state index >= 15 is 0 Å². The van der Waals surface area contributed by atoms with Crippen molar-refractivity contribution in [1.82, 2.24) is 25.1 Å². The standard InChI is InChI=1S/C14H19N5O2/c1-9-11(14(21)18-17-9)7-12(20)19-6-2-3-10(8-19)13-15-4-5-16-13/h4-5,10H,2-3,6-8H2,1H3,(H,15,16)(H2,17,18,21). The number of nitrogens with zero attached hydrogens (tertiary/aromatic N) is 2. The molecule has 0 spiro atoms. The minimum absolute atomic E-state index is 0.000504. The molecule has 3 rings (SSSR count). The van der Waals surface area contributed by atoms with E-state index in [2.05, 4.69) is 20.2 Å². The Bertz CT molecular complexity index is 670. The summed E-state index contributed by atoms with van der Waals surface area (Å²) in [6, 6.07) is 0. The Morgan fingerprint density at radius 3 is 3.00 bits per heavy atom. The highest BCUT2D eigenvalue weighted by Gasteiger charge is 2.26. The molecule has 0 saturated carbocycles. The monoisotopic (exact) mass is 289 g/mol. The fraction of sp³-hybridized carbons (Fsp3) is 0.500. The summed E-state index contributed by atoms with van der Waals surface area (Å²) in [5, 5.41) is 5.26. The number of carbonyl (C=O) groups is 1. The van der Waals surface area contributed by atoms with Crippen molar-refractivity contribution < 1.29 is 4.79 Å². The molecule has 2 aromatic rings. The maximum Gasteiger partial charge on any atom is 0.267 e. The number of hydrogen-bond acceptors (Lipinski definition) is 3. The normalized spacial score (nSPS) is 18.9. The Morgan fingerprint density at radius 1 is 1.48 bits per heavy atom. The van der Waals surface area contributed by atoms with Gasteiger partial charge in [-0.2, -0.15) is 0 Å². The van der Waals surface area contributed by atoms with Crippen molar-refractivity contribution in [3.05, 3.63) is 39.8 Å². The van der Waals surface area contributed by atoms with Gasteiger partial charge in [-0.25, -0.2) is 4.98 Å². The van der Waals surface area contributed by atoms with Gasteiger partial charge in [-0.3, -0.25) is 14.7 Å². The van der Waals surface area contributed by atoms with Crippen molar-refractivity contribution in [1.29, 1.82) is 0 Å². The highest BCUT2D eigenvalue weighted by atomic mass is 16.2. The van der Waals surface area contributed by atoms with Gasteiger partial charge >= 0.3 is 0 Å². The van der Waals surface area contributed by atoms with E-state index in [1.807, 2.05) is 4.90 Å². The first kappa shape index (κ1) is 13.7. The van der Waals surface area contributed by atoms with Gasteiger partial charge in [0.05, 0.1) is 6.42 Å². The van der Waals surface area contributed by atoms with Crippen molar-refractivity contribution in [2.45, 2.75) is 32.1 Å². The summed E-state index contributed by atoms with van der Waals surface area (Å²) in [6.45, 7) is 3.20. The third kappa shape index (κ3) is 2.76. The van der Waals surface area contributed by atoms with Crippen LogP contribution in [0.4, 0.5) is 0 Å². The zero-order chi connectivity index (χ0) is 14.8. The number of likely N-dealkylation sites (tertiary alicyclic amines) is 1. The molecule has 1 amide bonds. The molecule has 0 radical (unpaired) electrons. The summed E-state index contributed by atoms with van der Waals surface area (Å²) in [5.74, 6) is 1.19. The van der Waals surface area contributed by atoms with Gasteiger partial charge in [-0.05, 0) is 19.8 Å². The minimum atomic E-state index is -0.208. The largest absolute Gasteiger partial charge is 0.348 e. The first-order valence-electron chi connectivity index (χ1n) is 7.18. The zero-order valence-electron chi connectivity index (χ0n) is 12.0. The Hall–Kier alpha value is -2.31. The highest BCUT2D eigenvalue weighted by molar-refractivity contribution is 5.79. The molecule has 1 fully saturated rings. The number of imidazole rings is 1. The highest BCUT2D eigenvalue weighted by Crippen LogP contribution is 2.24. The molecule has 0 aliphatic carbocycles. The maximum absolute atomic E-state index is 12.4. The van der Waals surface area contributed by atoms with Crippen LogP contribution in [-0.2, 0) is 11.2 Å². The van der Waals surface area contributed by atoms with Crippen LogP contribution < -0.4 is 5.56 Å². The summed E-state index contributed by atoms with van der Waals surface area (Å²) >= 11 is 0. The van der Waals surface area contributed by atoms with Gasteiger partial charge in [0.15, 0.2) is 0 Å². The summed E-state index contributed by atoms with van der Waals surface area (Å²) in [4.78, 5) is 33.3. The van der Waals surface area contributed by atoms with Crippen LogP contribution in [0, 0.1) is 6.92 Å². The van der Waals surface area contributed by atoms with E-state index in [0.717, 1.165) is 30.9 Å². The number of piperidine rings is 1. The van der Waals surface area contributed by atoms with Crippen LogP contribution in [0.5, 0.6) is 0 Å². The number of carbonyl (C=O) groups excluding carboxylic acids is 1. The van der Waals surface area contributed by atoms with Gasteiger partial charge in [0.1, 0.15) is 5.82 Å². The predicted molar refractivity (Wildman–Crippen MR) is 77.0 cm³/mol. The molecule has 112 valence electrons. The van der Waals surface area contributed by atoms with Crippen LogP contribution in [0.2, 0.25) is 0 Å². The van der Waals surface area contributed by atoms with Crippen molar-refractivity contribution in [3.63, 3.8) is 0 Å². The third-order valence-electron chi connectivity index (χ3n) is 4.10. The van der Waals surface area contributed by atoms with E-state index in [1.54, 1.807) is 19.3 Å². The molecule has 7 heteroatoms. The molecular weight excluding hydrogens is 270 g/mol. The first-order valence-corrected chi connectivity index (χ1v) is 7.18. The Balaban J connectivity index is 1.69. The van der Waals surface area contributed by atoms with Gasteiger partial charge in [-0.1, -0.05) is 0 Å². The zero-order valence-corrected chi connectivity index (χ0v) is 12.0. The van der Waals surface area contributed by atoms with Crippen LogP contribution in [0.3, 0.4) is 0 Å². The lowest BCUT2D eigenvalue weighted by atomic mass is 9.97. The summed E-state index contributed by atoms with van der Waals surface area (Å²) in [7, 11) is 0. The number of aryl methyl sites for hydroxylation is 1. The van der Waals surface area contributed by atoms with Crippen LogP contribution in [-0.4, -0.2) is 44.1 Å². The predicted octanol–water partition coefficient (Wildman–Crippen LogP) is 0.683. The lowest BCUT2D eigenvalue weighted by molar-refractivity contribution is -0.131. The quantitative estimate of drug-likeness (QED) is 0.775. The van der Waals surface area contributed by atoms with Gasteiger partial charge in [0.25, 0.3) is 5.56 Å². The molecule has 0 bridgehead atoms. The Kier molecular flexibility index (Phi) is 3.64. The van der Waals surface area contributed by atoms with E-state index in [9.17, 15) is 9.59 Å². The van der Waals surface area contributed by atoms with Crippen LogP contribution in [0.1, 0.15) is 35.8 Å². The fourth-order valence-corrected chi connectivity index (χ4v) is 2.88. The molecule has 1 aliphatic rings. The number of hydrogen-bond donors (Lipinski definition) is 3. The van der Waals surface area contributed by atoms with Crippen LogP contribution in [0.25, 0.3) is 0 Å². The number of aromatic amines is 3. The molecule has 2 aromatic heterocycles. The van der Waals surface area contributed by atoms with Crippen molar-refractivity contribution in [2.75, 3.05) is 13.1 Å². The number of amides is 1. The second-order valence-corrected chi connectivity index (χ2v) is 5.51. The number of H-pyrrole nitrogens is 3. The molecule has 7 nitrogen and oxygen atoms in total. The Labute approximate surface area is 121 Å². The molecule has 0 aromatic carbocycles. The van der Waals surface area contributed by atoms with Crippen molar-refractivity contribution in [2.24, 2.45) is 0 Å². The SMILES string of the molecule is Cc1[nH][nH]c(=O)c1CC(=O)N1CCCC(c2ncc[nH]2)C1. The van der Waals surface area contributed by atoms with E-state index in [-0.39, 0.29) is 23.8 Å². The summed E-state index contributed by atoms with van der Waals surface area (Å²) in [5.41, 5.74) is 1.05. The van der Waals surface area contributed by atoms with Crippen LogP contribution in [0.15, 0.2) is 17.2 Å². The number of rotatable bonds is 3. The van der Waals surface area contributed by atoms with Crippen LogP contribution >= 0.6 is 0 Å². The average Bonchev–Trinajstić information content (AvgIpc) is 3.13. The van der Waals surface area contributed by atoms with E-state index < -0.39 is 0 Å². The van der Waals surface area contributed by atoms with Gasteiger partial charge in [-0.15, -0.1) is 0 Å². The third-order valence-corrected chi connectivity index (χ3v) is 4.10. The van der Waals surface area contributed by atoms with E-state index in [0.29, 0.717) is 12.1 Å². The molecule has 1 aliphatic heterocycles. The second-order valence-electron chi connectivity index (χ2n) is 5.51. The van der Waals surface area contributed by atoms with Gasteiger partial charge in [0, 0.05) is 42.7 Å². The smallest absolute Gasteiger partial charge is 0.267 e. The molecule has 1 unspecified atom stereocenters. The Morgan fingerprint density at radius 2 is 2.33 bits per heavy atom. The molecule has 1 atom stereocenters.